The summed E-state index contributed by atoms with van der Waals surface area (Å²) >= 11 is 1.34. The summed E-state index contributed by atoms with van der Waals surface area (Å²) in [6, 6.07) is 13.9. The normalized spacial score (nSPS) is 14.9. The monoisotopic (exact) mass is 430 g/mol. The Kier molecular flexibility index (Phi) is 5.39. The number of hydrogen-bond donors (Lipinski definition) is 1. The number of amides is 1. The molecule has 2 aromatic carbocycles. The van der Waals surface area contributed by atoms with Crippen molar-refractivity contribution in [3.63, 3.8) is 0 Å². The van der Waals surface area contributed by atoms with Gasteiger partial charge >= 0.3 is 0 Å². The van der Waals surface area contributed by atoms with Crippen molar-refractivity contribution in [2.75, 3.05) is 26.0 Å². The number of aromatic nitrogens is 1. The van der Waals surface area contributed by atoms with Crippen LogP contribution in [0.1, 0.15) is 16.1 Å². The lowest BCUT2D eigenvalue weighted by atomic mass is 10.0. The molecule has 1 aliphatic rings. The topological polar surface area (TPSA) is 82.6 Å². The van der Waals surface area contributed by atoms with E-state index in [0.29, 0.717) is 18.1 Å². The van der Waals surface area contributed by atoms with Crippen LogP contribution in [0, 0.1) is 0 Å². The van der Waals surface area contributed by atoms with E-state index in [1.54, 1.807) is 0 Å². The minimum absolute atomic E-state index is 0.134. The maximum Gasteiger partial charge on any atom is 0.281 e. The van der Waals surface area contributed by atoms with Gasteiger partial charge in [-0.05, 0) is 16.3 Å². The fourth-order valence-corrected chi connectivity index (χ4v) is 5.63. The van der Waals surface area contributed by atoms with E-state index in [1.807, 2.05) is 42.5 Å². The van der Waals surface area contributed by atoms with Crippen LogP contribution in [0.3, 0.4) is 0 Å². The highest BCUT2D eigenvalue weighted by molar-refractivity contribution is 7.86. The summed E-state index contributed by atoms with van der Waals surface area (Å²) in [6.45, 7) is 0.674. The number of carbonyl (C=O) groups is 1. The van der Waals surface area contributed by atoms with E-state index in [4.69, 9.17) is 0 Å². The van der Waals surface area contributed by atoms with Gasteiger partial charge in [0.2, 0.25) is 5.91 Å². The Morgan fingerprint density at radius 2 is 1.97 bits per heavy atom. The molecule has 0 spiro atoms. The van der Waals surface area contributed by atoms with Crippen LogP contribution in [-0.4, -0.2) is 48.6 Å². The molecular formula is C20H22N4O3S2. The molecule has 1 aromatic heterocycles. The molecule has 0 bridgehead atoms. The zero-order chi connectivity index (χ0) is 20.6. The summed E-state index contributed by atoms with van der Waals surface area (Å²) in [5.41, 5.74) is 1.82. The summed E-state index contributed by atoms with van der Waals surface area (Å²) in [5.74, 6) is -0.134. The lowest BCUT2D eigenvalue weighted by Crippen LogP contribution is -2.42. The summed E-state index contributed by atoms with van der Waals surface area (Å²) < 4.78 is 27.4. The van der Waals surface area contributed by atoms with Crippen LogP contribution < -0.4 is 5.32 Å². The number of carbonyl (C=O) groups excluding carboxylic acids is 1. The highest BCUT2D eigenvalue weighted by atomic mass is 32.2. The Morgan fingerprint density at radius 1 is 1.21 bits per heavy atom. The van der Waals surface area contributed by atoms with E-state index in [-0.39, 0.29) is 18.9 Å². The summed E-state index contributed by atoms with van der Waals surface area (Å²) in [7, 11) is -0.411. The average molecular weight is 431 g/mol. The van der Waals surface area contributed by atoms with Crippen LogP contribution in [0.5, 0.6) is 0 Å². The maximum atomic E-state index is 12.6. The Bertz CT molecular complexity index is 1170. The summed E-state index contributed by atoms with van der Waals surface area (Å²) in [5, 5.41) is 5.56. The quantitative estimate of drug-likeness (QED) is 0.675. The predicted octanol–water partition coefficient (Wildman–Crippen LogP) is 2.64. The van der Waals surface area contributed by atoms with Crippen molar-refractivity contribution in [3.05, 3.63) is 58.6 Å². The lowest BCUT2D eigenvalue weighted by molar-refractivity contribution is -0.115. The molecule has 9 heteroatoms. The van der Waals surface area contributed by atoms with Gasteiger partial charge in [-0.15, -0.1) is 11.3 Å². The number of rotatable bonds is 5. The molecule has 1 N–H and O–H groups in total. The third-order valence-electron chi connectivity index (χ3n) is 4.96. The molecule has 0 atom stereocenters. The van der Waals surface area contributed by atoms with Gasteiger partial charge in [-0.1, -0.05) is 42.5 Å². The highest BCUT2D eigenvalue weighted by Gasteiger charge is 2.30. The summed E-state index contributed by atoms with van der Waals surface area (Å²) in [6.07, 6.45) is 0.796. The second kappa shape index (κ2) is 7.83. The van der Waals surface area contributed by atoms with Gasteiger partial charge in [0.1, 0.15) is 0 Å². The second-order valence-electron chi connectivity index (χ2n) is 7.13. The van der Waals surface area contributed by atoms with E-state index in [2.05, 4.69) is 10.3 Å². The molecule has 3 aromatic rings. The molecule has 29 heavy (non-hydrogen) atoms. The largest absolute Gasteiger partial charge is 0.302 e. The van der Waals surface area contributed by atoms with E-state index >= 15 is 0 Å². The molecule has 0 aliphatic carbocycles. The van der Waals surface area contributed by atoms with E-state index in [9.17, 15) is 13.2 Å². The van der Waals surface area contributed by atoms with E-state index in [0.717, 1.165) is 26.9 Å². The molecule has 1 aliphatic heterocycles. The Morgan fingerprint density at radius 3 is 2.76 bits per heavy atom. The van der Waals surface area contributed by atoms with Gasteiger partial charge in [0.25, 0.3) is 10.2 Å². The van der Waals surface area contributed by atoms with Crippen molar-refractivity contribution in [1.29, 1.82) is 0 Å². The molecule has 1 amide bonds. The Balaban J connectivity index is 1.47. The van der Waals surface area contributed by atoms with Crippen molar-refractivity contribution >= 4 is 43.4 Å². The first-order valence-electron chi connectivity index (χ1n) is 9.27. The molecule has 2 heterocycles. The Labute approximate surface area is 174 Å². The zero-order valence-corrected chi connectivity index (χ0v) is 17.9. The van der Waals surface area contributed by atoms with Crippen LogP contribution in [0.4, 0.5) is 5.13 Å². The van der Waals surface area contributed by atoms with Gasteiger partial charge in [-0.25, -0.2) is 4.98 Å². The number of thiazole rings is 1. The average Bonchev–Trinajstić information content (AvgIpc) is 3.09. The van der Waals surface area contributed by atoms with Crippen LogP contribution in [-0.2, 0) is 34.4 Å². The van der Waals surface area contributed by atoms with Gasteiger partial charge < -0.3 is 5.32 Å². The molecule has 0 saturated carbocycles. The predicted molar refractivity (Wildman–Crippen MR) is 115 cm³/mol. The van der Waals surface area contributed by atoms with Gasteiger partial charge in [-0.3, -0.25) is 4.79 Å². The SMILES string of the molecule is CN(C)S(=O)(=O)N1CCc2nc(NC(=O)Cc3cccc4ccccc34)sc2C1. The highest BCUT2D eigenvalue weighted by Crippen LogP contribution is 2.30. The van der Waals surface area contributed by atoms with Crippen LogP contribution in [0.25, 0.3) is 10.8 Å². The third-order valence-corrected chi connectivity index (χ3v) is 7.85. The molecule has 7 nitrogen and oxygen atoms in total. The first-order chi connectivity index (χ1) is 13.8. The first kappa shape index (κ1) is 20.0. The van der Waals surface area contributed by atoms with Crippen LogP contribution >= 0.6 is 11.3 Å². The smallest absolute Gasteiger partial charge is 0.281 e. The molecule has 4 rings (SSSR count). The van der Waals surface area contributed by atoms with E-state index < -0.39 is 10.2 Å². The van der Waals surface area contributed by atoms with Crippen molar-refractivity contribution in [2.45, 2.75) is 19.4 Å². The standard InChI is InChI=1S/C20H22N4O3S2/c1-23(2)29(26,27)24-11-10-17-18(13-24)28-20(21-17)22-19(25)12-15-8-5-7-14-6-3-4-9-16(14)15/h3-9H,10-13H2,1-2H3,(H,21,22,25). The van der Waals surface area contributed by atoms with Gasteiger partial charge in [0.15, 0.2) is 5.13 Å². The minimum Gasteiger partial charge on any atom is -0.302 e. The van der Waals surface area contributed by atoms with Crippen LogP contribution in [0.15, 0.2) is 42.5 Å². The van der Waals surface area contributed by atoms with Crippen molar-refractivity contribution in [2.24, 2.45) is 0 Å². The number of fused-ring (bicyclic) bond motifs is 2. The Hall–Kier alpha value is -2.33. The molecular weight excluding hydrogens is 408 g/mol. The molecule has 0 unspecified atom stereocenters. The molecule has 0 saturated heterocycles. The zero-order valence-electron chi connectivity index (χ0n) is 16.3. The fraction of sp³-hybridized carbons (Fsp3) is 0.300. The minimum atomic E-state index is -3.46. The fourth-order valence-electron chi connectivity index (χ4n) is 3.44. The van der Waals surface area contributed by atoms with Gasteiger partial charge in [0, 0.05) is 31.9 Å². The third kappa shape index (κ3) is 4.04. The number of nitrogens with one attached hydrogen (secondary N) is 1. The van der Waals surface area contributed by atoms with Crippen LogP contribution in [0.2, 0.25) is 0 Å². The van der Waals surface area contributed by atoms with E-state index in [1.165, 1.54) is 34.0 Å². The molecule has 0 fully saturated rings. The number of benzene rings is 2. The number of anilines is 1. The summed E-state index contributed by atoms with van der Waals surface area (Å²) in [4.78, 5) is 18.0. The number of nitrogens with zero attached hydrogens (tertiary/aromatic N) is 3. The van der Waals surface area contributed by atoms with Crippen molar-refractivity contribution in [1.82, 2.24) is 13.6 Å². The van der Waals surface area contributed by atoms with Gasteiger partial charge in [-0.2, -0.15) is 17.0 Å². The molecule has 0 radical (unpaired) electrons. The lowest BCUT2D eigenvalue weighted by Gasteiger charge is -2.27. The van der Waals surface area contributed by atoms with Crippen molar-refractivity contribution < 1.29 is 13.2 Å². The number of hydrogen-bond acceptors (Lipinski definition) is 5. The second-order valence-corrected chi connectivity index (χ2v) is 10.4. The molecule has 152 valence electrons. The first-order valence-corrected chi connectivity index (χ1v) is 11.5. The van der Waals surface area contributed by atoms with Gasteiger partial charge in [0.05, 0.1) is 18.7 Å². The maximum absolute atomic E-state index is 12.6. The van der Waals surface area contributed by atoms with Crippen molar-refractivity contribution in [3.8, 4) is 0 Å².